The lowest BCUT2D eigenvalue weighted by Crippen LogP contribution is -2.47. The lowest BCUT2D eigenvalue weighted by molar-refractivity contribution is -0.176. The molecule has 1 atom stereocenters. The van der Waals surface area contributed by atoms with Crippen molar-refractivity contribution >= 4 is 18.0 Å². The molecule has 0 amide bonds. The predicted molar refractivity (Wildman–Crippen MR) is 106 cm³/mol. The Balaban J connectivity index is 2.47. The van der Waals surface area contributed by atoms with Crippen molar-refractivity contribution in [3.8, 4) is 0 Å². The van der Waals surface area contributed by atoms with Gasteiger partial charge in [0.1, 0.15) is 5.60 Å². The topological polar surface area (TPSA) is 63.6 Å². The van der Waals surface area contributed by atoms with Gasteiger partial charge < -0.3 is 9.84 Å². The normalized spacial score (nSPS) is 13.4. The highest BCUT2D eigenvalue weighted by Gasteiger charge is 2.49. The number of hydrogen-bond donors (Lipinski definition) is 1. The maximum atomic E-state index is 13.0. The lowest BCUT2D eigenvalue weighted by Gasteiger charge is -2.31. The summed E-state index contributed by atoms with van der Waals surface area (Å²) in [5.41, 5.74) is -0.0239. The van der Waals surface area contributed by atoms with Gasteiger partial charge in [0.15, 0.2) is 5.41 Å². The fraction of sp³-hybridized carbons (Fsp3) is 0.304. The smallest absolute Gasteiger partial charge is 0.324 e. The Morgan fingerprint density at radius 2 is 1.48 bits per heavy atom. The molecule has 2 rings (SSSR count). The van der Waals surface area contributed by atoms with Crippen LogP contribution in [-0.4, -0.2) is 22.6 Å². The molecule has 4 nitrogen and oxygen atoms in total. The zero-order valence-corrected chi connectivity index (χ0v) is 16.1. The predicted octanol–water partition coefficient (Wildman–Crippen LogP) is 4.53. The van der Waals surface area contributed by atoms with Gasteiger partial charge in [-0.1, -0.05) is 67.3 Å². The molecule has 0 aliphatic rings. The van der Waals surface area contributed by atoms with Gasteiger partial charge >= 0.3 is 11.9 Å². The van der Waals surface area contributed by atoms with Crippen LogP contribution in [0.25, 0.3) is 6.08 Å². The summed E-state index contributed by atoms with van der Waals surface area (Å²) >= 11 is 0. The Morgan fingerprint density at radius 1 is 0.963 bits per heavy atom. The van der Waals surface area contributed by atoms with E-state index in [1.54, 1.807) is 26.8 Å². The van der Waals surface area contributed by atoms with E-state index in [0.717, 1.165) is 16.7 Å². The maximum Gasteiger partial charge on any atom is 0.324 e. The van der Waals surface area contributed by atoms with Crippen molar-refractivity contribution in [2.75, 3.05) is 0 Å². The molecule has 4 heteroatoms. The first-order valence-electron chi connectivity index (χ1n) is 8.88. The van der Waals surface area contributed by atoms with E-state index in [-0.39, 0.29) is 12.8 Å². The highest BCUT2D eigenvalue weighted by molar-refractivity contribution is 6.00. The number of ether oxygens (including phenoxy) is 1. The average Bonchev–Trinajstić information content (AvgIpc) is 2.61. The SMILES string of the molecule is C=Cc1ccc(CC(Cc2ccccc2)(C(=O)O)C(=O)OC(C)(C)C)cc1. The molecule has 2 aromatic rings. The minimum atomic E-state index is -1.70. The van der Waals surface area contributed by atoms with Crippen LogP contribution in [0.5, 0.6) is 0 Å². The number of esters is 1. The Labute approximate surface area is 160 Å². The molecule has 0 aliphatic carbocycles. The molecule has 0 heterocycles. The molecule has 0 spiro atoms. The third-order valence-electron chi connectivity index (χ3n) is 4.27. The van der Waals surface area contributed by atoms with Crippen molar-refractivity contribution in [1.29, 1.82) is 0 Å². The van der Waals surface area contributed by atoms with E-state index in [0.29, 0.717) is 0 Å². The molecular formula is C23H26O4. The molecule has 1 unspecified atom stereocenters. The Kier molecular flexibility index (Phi) is 6.21. The Morgan fingerprint density at radius 3 is 1.93 bits per heavy atom. The van der Waals surface area contributed by atoms with E-state index in [9.17, 15) is 14.7 Å². The van der Waals surface area contributed by atoms with Gasteiger partial charge in [-0.05, 0) is 50.3 Å². The molecule has 0 aromatic heterocycles. The molecule has 0 bridgehead atoms. The van der Waals surface area contributed by atoms with Crippen LogP contribution in [0, 0.1) is 5.41 Å². The number of hydrogen-bond acceptors (Lipinski definition) is 3. The summed E-state index contributed by atoms with van der Waals surface area (Å²) in [7, 11) is 0. The van der Waals surface area contributed by atoms with Gasteiger partial charge in [0, 0.05) is 0 Å². The van der Waals surface area contributed by atoms with E-state index in [2.05, 4.69) is 6.58 Å². The highest BCUT2D eigenvalue weighted by atomic mass is 16.6. The molecule has 1 N–H and O–H groups in total. The minimum absolute atomic E-state index is 0.0452. The Bertz CT molecular complexity index is 801. The van der Waals surface area contributed by atoms with Crippen LogP contribution in [0.4, 0.5) is 0 Å². The van der Waals surface area contributed by atoms with E-state index < -0.39 is 23.0 Å². The number of carboxylic acid groups (broad SMARTS) is 1. The van der Waals surface area contributed by atoms with Gasteiger partial charge in [-0.15, -0.1) is 0 Å². The molecule has 2 aromatic carbocycles. The molecular weight excluding hydrogens is 340 g/mol. The molecule has 0 aliphatic heterocycles. The van der Waals surface area contributed by atoms with Crippen LogP contribution in [0.1, 0.15) is 37.5 Å². The number of rotatable bonds is 7. The van der Waals surface area contributed by atoms with Crippen molar-refractivity contribution in [2.24, 2.45) is 5.41 Å². The molecule has 27 heavy (non-hydrogen) atoms. The van der Waals surface area contributed by atoms with E-state index >= 15 is 0 Å². The van der Waals surface area contributed by atoms with Crippen LogP contribution in [0.3, 0.4) is 0 Å². The van der Waals surface area contributed by atoms with Crippen molar-refractivity contribution in [3.63, 3.8) is 0 Å². The third kappa shape index (κ3) is 5.30. The number of carbonyl (C=O) groups excluding carboxylic acids is 1. The van der Waals surface area contributed by atoms with Gasteiger partial charge in [0.2, 0.25) is 0 Å². The van der Waals surface area contributed by atoms with Crippen LogP contribution in [0.15, 0.2) is 61.2 Å². The quantitative estimate of drug-likeness (QED) is 0.578. The van der Waals surface area contributed by atoms with Crippen molar-refractivity contribution in [2.45, 2.75) is 39.2 Å². The minimum Gasteiger partial charge on any atom is -0.480 e. The third-order valence-corrected chi connectivity index (χ3v) is 4.27. The second-order valence-electron chi connectivity index (χ2n) is 7.67. The van der Waals surface area contributed by atoms with Crippen LogP contribution in [0.2, 0.25) is 0 Å². The van der Waals surface area contributed by atoms with Crippen molar-refractivity contribution < 1.29 is 19.4 Å². The number of benzene rings is 2. The maximum absolute atomic E-state index is 13.0. The van der Waals surface area contributed by atoms with Crippen LogP contribution in [-0.2, 0) is 27.2 Å². The first kappa shape index (κ1) is 20.4. The molecule has 0 saturated heterocycles. The van der Waals surface area contributed by atoms with Gasteiger partial charge in [-0.25, -0.2) is 0 Å². The summed E-state index contributed by atoms with van der Waals surface area (Å²) in [5, 5.41) is 10.1. The van der Waals surface area contributed by atoms with Gasteiger partial charge in [-0.3, -0.25) is 9.59 Å². The standard InChI is InChI=1S/C23H26O4/c1-5-17-11-13-19(14-12-17)16-23(20(24)25,21(26)27-22(2,3)4)15-18-9-7-6-8-10-18/h5-14H,1,15-16H2,2-4H3,(H,24,25). The van der Waals surface area contributed by atoms with Crippen LogP contribution >= 0.6 is 0 Å². The Hall–Kier alpha value is -2.88. The second kappa shape index (κ2) is 8.21. The second-order valence-corrected chi connectivity index (χ2v) is 7.67. The zero-order valence-electron chi connectivity index (χ0n) is 16.1. The van der Waals surface area contributed by atoms with E-state index in [4.69, 9.17) is 4.74 Å². The summed E-state index contributed by atoms with van der Waals surface area (Å²) in [4.78, 5) is 25.4. The van der Waals surface area contributed by atoms with Crippen LogP contribution < -0.4 is 0 Å². The largest absolute Gasteiger partial charge is 0.480 e. The summed E-state index contributed by atoms with van der Waals surface area (Å²) in [6, 6.07) is 16.5. The average molecular weight is 366 g/mol. The van der Waals surface area contributed by atoms with Crippen molar-refractivity contribution in [1.82, 2.24) is 0 Å². The highest BCUT2D eigenvalue weighted by Crippen LogP contribution is 2.32. The molecule has 142 valence electrons. The lowest BCUT2D eigenvalue weighted by atomic mass is 9.76. The first-order chi connectivity index (χ1) is 12.7. The number of carbonyl (C=O) groups is 2. The molecule has 0 radical (unpaired) electrons. The van der Waals surface area contributed by atoms with E-state index in [1.165, 1.54) is 0 Å². The monoisotopic (exact) mass is 366 g/mol. The number of aliphatic carboxylic acids is 1. The fourth-order valence-corrected chi connectivity index (χ4v) is 2.89. The fourth-order valence-electron chi connectivity index (χ4n) is 2.89. The summed E-state index contributed by atoms with van der Waals surface area (Å²) in [6.45, 7) is 8.92. The van der Waals surface area contributed by atoms with Gasteiger partial charge in [-0.2, -0.15) is 0 Å². The first-order valence-corrected chi connectivity index (χ1v) is 8.88. The molecule has 0 saturated carbocycles. The van der Waals surface area contributed by atoms with Gasteiger partial charge in [0.25, 0.3) is 0 Å². The summed E-state index contributed by atoms with van der Waals surface area (Å²) in [5.74, 6) is -1.91. The van der Waals surface area contributed by atoms with Gasteiger partial charge in [0.05, 0.1) is 0 Å². The molecule has 0 fully saturated rings. The summed E-state index contributed by atoms with van der Waals surface area (Å²) < 4.78 is 5.52. The number of carboxylic acids is 1. The summed E-state index contributed by atoms with van der Waals surface area (Å²) in [6.07, 6.45) is 1.82. The zero-order chi connectivity index (χ0) is 20.1. The van der Waals surface area contributed by atoms with Crippen molar-refractivity contribution in [3.05, 3.63) is 77.9 Å². The van der Waals surface area contributed by atoms with E-state index in [1.807, 2.05) is 54.6 Å².